The van der Waals surface area contributed by atoms with Gasteiger partial charge in [0.1, 0.15) is 29.8 Å². The number of hydrogen-bond acceptors (Lipinski definition) is 8. The number of carbonyl (C=O) groups is 4. The Bertz CT molecular complexity index is 1020. The first kappa shape index (κ1) is 22.5. The van der Waals surface area contributed by atoms with Crippen LogP contribution < -0.4 is 0 Å². The smallest absolute Gasteiger partial charge is 0.342 e. The molecule has 0 spiro atoms. The third-order valence-electron chi connectivity index (χ3n) is 7.66. The standard InChI is InChI=1S/C24H28O8/c1-12-17(31-13(2)25)9-23(3)14(6-7-18(23)27)8-16(26)21-20-15(10-30-21)22(28)32-19(11-29-5)24(12,20)4/h10,14,17,19H,1,6-9,11H2,2-5H3/t14-,17+,19+,23-,24-/m0/s1. The molecule has 0 amide bonds. The van der Waals surface area contributed by atoms with Gasteiger partial charge in [-0.15, -0.1) is 0 Å². The highest BCUT2D eigenvalue weighted by molar-refractivity contribution is 6.02. The van der Waals surface area contributed by atoms with E-state index in [9.17, 15) is 19.2 Å². The van der Waals surface area contributed by atoms with Crippen molar-refractivity contribution in [3.05, 3.63) is 35.3 Å². The molecule has 1 saturated carbocycles. The van der Waals surface area contributed by atoms with Crippen LogP contribution in [0.25, 0.3) is 0 Å². The quantitative estimate of drug-likeness (QED) is 0.517. The number of carbonyl (C=O) groups excluding carboxylic acids is 4. The average molecular weight is 444 g/mol. The number of Topliss-reactive ketones (excluding diaryl/α,β-unsaturated/α-hetero) is 2. The highest BCUT2D eigenvalue weighted by atomic mass is 16.6. The number of cyclic esters (lactones) is 1. The van der Waals surface area contributed by atoms with Gasteiger partial charge in [0.25, 0.3) is 0 Å². The second-order valence-corrected chi connectivity index (χ2v) is 9.44. The Hall–Kier alpha value is -2.74. The fourth-order valence-electron chi connectivity index (χ4n) is 5.64. The van der Waals surface area contributed by atoms with Crippen molar-refractivity contribution in [3.8, 4) is 0 Å². The lowest BCUT2D eigenvalue weighted by Crippen LogP contribution is -2.52. The van der Waals surface area contributed by atoms with E-state index in [-0.39, 0.29) is 48.3 Å². The van der Waals surface area contributed by atoms with Gasteiger partial charge in [-0.1, -0.05) is 13.5 Å². The second kappa shape index (κ2) is 7.69. The molecule has 2 heterocycles. The van der Waals surface area contributed by atoms with E-state index < -0.39 is 35.0 Å². The molecular formula is C24H28O8. The van der Waals surface area contributed by atoms with Gasteiger partial charge in [-0.3, -0.25) is 14.4 Å². The summed E-state index contributed by atoms with van der Waals surface area (Å²) in [6.07, 6.45) is 0.799. The predicted molar refractivity (Wildman–Crippen MR) is 111 cm³/mol. The summed E-state index contributed by atoms with van der Waals surface area (Å²) < 4.78 is 22.3. The highest BCUT2D eigenvalue weighted by Crippen LogP contribution is 2.53. The molecule has 0 saturated heterocycles. The molecule has 1 aromatic heterocycles. The van der Waals surface area contributed by atoms with E-state index >= 15 is 0 Å². The maximum Gasteiger partial charge on any atom is 0.342 e. The van der Waals surface area contributed by atoms with Crippen molar-refractivity contribution >= 4 is 23.5 Å². The van der Waals surface area contributed by atoms with Crippen molar-refractivity contribution in [2.24, 2.45) is 11.3 Å². The van der Waals surface area contributed by atoms with Gasteiger partial charge in [-0.05, 0) is 24.8 Å². The van der Waals surface area contributed by atoms with Crippen molar-refractivity contribution < 1.29 is 37.8 Å². The Labute approximate surface area is 186 Å². The minimum Gasteiger partial charge on any atom is -0.460 e. The monoisotopic (exact) mass is 444 g/mol. The number of ketones is 2. The molecular weight excluding hydrogens is 416 g/mol. The lowest BCUT2D eigenvalue weighted by molar-refractivity contribution is -0.148. The Morgan fingerprint density at radius 3 is 2.66 bits per heavy atom. The van der Waals surface area contributed by atoms with Crippen LogP contribution in [0.15, 0.2) is 22.8 Å². The zero-order valence-electron chi connectivity index (χ0n) is 18.8. The molecule has 1 fully saturated rings. The van der Waals surface area contributed by atoms with E-state index in [1.54, 1.807) is 6.92 Å². The van der Waals surface area contributed by atoms with Crippen LogP contribution in [0.2, 0.25) is 0 Å². The Morgan fingerprint density at radius 1 is 1.28 bits per heavy atom. The summed E-state index contributed by atoms with van der Waals surface area (Å²) in [5.41, 5.74) is -1.03. The minimum atomic E-state index is -1.14. The summed E-state index contributed by atoms with van der Waals surface area (Å²) >= 11 is 0. The van der Waals surface area contributed by atoms with Crippen LogP contribution in [0, 0.1) is 11.3 Å². The molecule has 1 aliphatic heterocycles. The maximum atomic E-state index is 13.4. The largest absolute Gasteiger partial charge is 0.460 e. The van der Waals surface area contributed by atoms with Crippen LogP contribution in [-0.2, 0) is 29.2 Å². The molecule has 4 rings (SSSR count). The molecule has 3 aliphatic rings. The Morgan fingerprint density at radius 2 is 2.00 bits per heavy atom. The fraction of sp³-hybridized carbons (Fsp3) is 0.583. The Balaban J connectivity index is 1.96. The number of fused-ring (bicyclic) bond motifs is 1. The number of methoxy groups -OCH3 is 1. The van der Waals surface area contributed by atoms with Crippen LogP contribution in [0.5, 0.6) is 0 Å². The normalized spacial score (nSPS) is 34.6. The summed E-state index contributed by atoms with van der Waals surface area (Å²) in [5.74, 6) is -1.53. The summed E-state index contributed by atoms with van der Waals surface area (Å²) in [6.45, 7) is 9.21. The third kappa shape index (κ3) is 3.15. The van der Waals surface area contributed by atoms with Crippen molar-refractivity contribution in [2.75, 3.05) is 13.7 Å². The summed E-state index contributed by atoms with van der Waals surface area (Å²) in [7, 11) is 1.48. The van der Waals surface area contributed by atoms with E-state index in [1.807, 2.05) is 6.92 Å². The van der Waals surface area contributed by atoms with Gasteiger partial charge in [0, 0.05) is 44.3 Å². The number of hydrogen-bond donors (Lipinski definition) is 0. The van der Waals surface area contributed by atoms with E-state index in [2.05, 4.69) is 6.58 Å². The molecule has 0 N–H and O–H groups in total. The minimum absolute atomic E-state index is 0.0329. The van der Waals surface area contributed by atoms with E-state index in [0.717, 1.165) is 0 Å². The van der Waals surface area contributed by atoms with Crippen LogP contribution >= 0.6 is 0 Å². The zero-order chi connectivity index (χ0) is 23.4. The van der Waals surface area contributed by atoms with E-state index in [0.29, 0.717) is 24.0 Å². The molecule has 0 aromatic carbocycles. The van der Waals surface area contributed by atoms with Crippen LogP contribution in [-0.4, -0.2) is 49.4 Å². The highest BCUT2D eigenvalue weighted by Gasteiger charge is 2.57. The number of ether oxygens (including phenoxy) is 3. The van der Waals surface area contributed by atoms with Gasteiger partial charge in [0.15, 0.2) is 11.5 Å². The first-order valence-corrected chi connectivity index (χ1v) is 10.8. The van der Waals surface area contributed by atoms with Gasteiger partial charge in [0.05, 0.1) is 12.0 Å². The lowest BCUT2D eigenvalue weighted by Gasteiger charge is -2.45. The van der Waals surface area contributed by atoms with Gasteiger partial charge < -0.3 is 18.6 Å². The fourth-order valence-corrected chi connectivity index (χ4v) is 5.64. The van der Waals surface area contributed by atoms with Crippen molar-refractivity contribution in [2.45, 2.75) is 64.1 Å². The number of esters is 2. The molecule has 172 valence electrons. The van der Waals surface area contributed by atoms with Gasteiger partial charge in [0.2, 0.25) is 0 Å². The van der Waals surface area contributed by atoms with E-state index in [1.165, 1.54) is 20.3 Å². The Kier molecular flexibility index (Phi) is 5.40. The van der Waals surface area contributed by atoms with Gasteiger partial charge in [-0.25, -0.2) is 4.79 Å². The second-order valence-electron chi connectivity index (χ2n) is 9.44. The van der Waals surface area contributed by atoms with Crippen LogP contribution in [0.4, 0.5) is 0 Å². The molecule has 0 bridgehead atoms. The van der Waals surface area contributed by atoms with Crippen molar-refractivity contribution in [3.63, 3.8) is 0 Å². The predicted octanol–water partition coefficient (Wildman–Crippen LogP) is 3.17. The molecule has 0 unspecified atom stereocenters. The molecule has 1 aromatic rings. The average Bonchev–Trinajstić information content (AvgIpc) is 3.29. The molecule has 5 atom stereocenters. The van der Waals surface area contributed by atoms with Gasteiger partial charge >= 0.3 is 11.9 Å². The maximum absolute atomic E-state index is 13.4. The van der Waals surface area contributed by atoms with Gasteiger partial charge in [-0.2, -0.15) is 0 Å². The zero-order valence-corrected chi connectivity index (χ0v) is 18.8. The SMILES string of the molecule is C=C1[C@H](OC(C)=O)C[C@]2(C)C(=O)CC[C@H]2CC(=O)c2occ3c2[C@]1(C)[C@@H](COC)OC3=O. The van der Waals surface area contributed by atoms with Crippen LogP contribution in [0.3, 0.4) is 0 Å². The first-order valence-electron chi connectivity index (χ1n) is 10.8. The summed E-state index contributed by atoms with van der Waals surface area (Å²) in [5, 5.41) is 0. The molecule has 0 radical (unpaired) electrons. The van der Waals surface area contributed by atoms with Crippen LogP contribution in [0.1, 0.15) is 72.9 Å². The molecule has 2 aliphatic carbocycles. The number of furan rings is 1. The summed E-state index contributed by atoms with van der Waals surface area (Å²) in [4.78, 5) is 51.1. The molecule has 8 nitrogen and oxygen atoms in total. The summed E-state index contributed by atoms with van der Waals surface area (Å²) in [6, 6.07) is 0. The molecule has 8 heteroatoms. The number of rotatable bonds is 3. The third-order valence-corrected chi connectivity index (χ3v) is 7.66. The topological polar surface area (TPSA) is 109 Å². The lowest BCUT2D eigenvalue weighted by atomic mass is 9.63. The molecule has 32 heavy (non-hydrogen) atoms. The first-order chi connectivity index (χ1) is 15.0. The van der Waals surface area contributed by atoms with Crippen molar-refractivity contribution in [1.82, 2.24) is 0 Å². The van der Waals surface area contributed by atoms with E-state index in [4.69, 9.17) is 18.6 Å². The van der Waals surface area contributed by atoms with Crippen molar-refractivity contribution in [1.29, 1.82) is 0 Å².